The third-order valence-electron chi connectivity index (χ3n) is 2.26. The van der Waals surface area contributed by atoms with E-state index >= 15 is 0 Å². The first-order valence-electron chi connectivity index (χ1n) is 5.62. The Hall–Kier alpha value is -0.610. The molecule has 0 aromatic carbocycles. The van der Waals surface area contributed by atoms with Crippen LogP contribution >= 0.6 is 0 Å². The van der Waals surface area contributed by atoms with Crippen LogP contribution in [0.15, 0.2) is 0 Å². The predicted octanol–water partition coefficient (Wildman–Crippen LogP) is 0.812. The van der Waals surface area contributed by atoms with Crippen molar-refractivity contribution >= 4 is 5.97 Å². The molecule has 88 valence electrons. The molecule has 0 saturated carbocycles. The molecular formula is C11H21NO3. The highest BCUT2D eigenvalue weighted by Gasteiger charge is 2.20. The maximum atomic E-state index is 11.2. The van der Waals surface area contributed by atoms with Crippen molar-refractivity contribution in [2.24, 2.45) is 11.8 Å². The molecule has 0 unspecified atom stereocenters. The molecule has 0 radical (unpaired) electrons. The van der Waals surface area contributed by atoms with Crippen LogP contribution in [0.5, 0.6) is 0 Å². The van der Waals surface area contributed by atoms with Gasteiger partial charge in [0, 0.05) is 6.61 Å². The number of hydrogen-bond acceptors (Lipinski definition) is 4. The highest BCUT2D eigenvalue weighted by atomic mass is 16.6. The molecule has 0 aromatic heterocycles. The summed E-state index contributed by atoms with van der Waals surface area (Å²) in [5.41, 5.74) is 0. The van der Waals surface area contributed by atoms with E-state index in [1.165, 1.54) is 0 Å². The molecule has 1 aliphatic heterocycles. The van der Waals surface area contributed by atoms with Gasteiger partial charge in [-0.2, -0.15) is 0 Å². The minimum Gasteiger partial charge on any atom is -0.463 e. The Kier molecular flexibility index (Phi) is 5.65. The van der Waals surface area contributed by atoms with Crippen LogP contribution in [-0.2, 0) is 14.3 Å². The van der Waals surface area contributed by atoms with Crippen molar-refractivity contribution in [3.05, 3.63) is 0 Å². The Morgan fingerprint density at radius 2 is 2.13 bits per heavy atom. The van der Waals surface area contributed by atoms with Gasteiger partial charge in [0.15, 0.2) is 0 Å². The monoisotopic (exact) mass is 215 g/mol. The Balaban J connectivity index is 1.88. The maximum absolute atomic E-state index is 11.2. The van der Waals surface area contributed by atoms with Gasteiger partial charge in [-0.15, -0.1) is 0 Å². The largest absolute Gasteiger partial charge is 0.463 e. The molecule has 1 saturated heterocycles. The summed E-state index contributed by atoms with van der Waals surface area (Å²) in [5.74, 6) is 0.908. The quantitative estimate of drug-likeness (QED) is 0.504. The number of carbonyl (C=O) groups excluding carboxylic acids is 1. The minimum absolute atomic E-state index is 0.102. The molecule has 1 fully saturated rings. The topological polar surface area (TPSA) is 47.6 Å². The number of nitrogens with one attached hydrogen (secondary N) is 1. The standard InChI is InChI=1S/C11H21NO3/c1-9(2)8-14-3-4-15-11(13)5-10-6-12-7-10/h9-10,12H,3-8H2,1-2H3. The molecule has 1 rings (SSSR count). The first-order valence-corrected chi connectivity index (χ1v) is 5.62. The molecule has 1 aliphatic rings. The van der Waals surface area contributed by atoms with Crippen molar-refractivity contribution in [2.45, 2.75) is 20.3 Å². The minimum atomic E-state index is -0.102. The molecule has 1 N–H and O–H groups in total. The average Bonchev–Trinajstić information content (AvgIpc) is 2.10. The Morgan fingerprint density at radius 1 is 1.40 bits per heavy atom. The van der Waals surface area contributed by atoms with Crippen LogP contribution < -0.4 is 5.32 Å². The van der Waals surface area contributed by atoms with Gasteiger partial charge in [0.2, 0.25) is 0 Å². The van der Waals surface area contributed by atoms with Gasteiger partial charge < -0.3 is 14.8 Å². The molecule has 0 atom stereocenters. The highest BCUT2D eigenvalue weighted by Crippen LogP contribution is 2.08. The molecule has 0 aromatic rings. The van der Waals surface area contributed by atoms with Gasteiger partial charge in [0.25, 0.3) is 0 Å². The second-order valence-corrected chi connectivity index (χ2v) is 4.42. The van der Waals surface area contributed by atoms with Gasteiger partial charge in [-0.05, 0) is 24.9 Å². The van der Waals surface area contributed by atoms with Crippen LogP contribution in [0, 0.1) is 11.8 Å². The average molecular weight is 215 g/mol. The van der Waals surface area contributed by atoms with Crippen LogP contribution in [0.4, 0.5) is 0 Å². The second-order valence-electron chi connectivity index (χ2n) is 4.42. The van der Waals surface area contributed by atoms with E-state index in [1.54, 1.807) is 0 Å². The Morgan fingerprint density at radius 3 is 2.67 bits per heavy atom. The van der Waals surface area contributed by atoms with Crippen LogP contribution in [0.25, 0.3) is 0 Å². The van der Waals surface area contributed by atoms with Crippen molar-refractivity contribution in [1.82, 2.24) is 5.32 Å². The van der Waals surface area contributed by atoms with E-state index in [1.807, 2.05) is 0 Å². The van der Waals surface area contributed by atoms with Gasteiger partial charge in [-0.25, -0.2) is 0 Å². The summed E-state index contributed by atoms with van der Waals surface area (Å²) < 4.78 is 10.3. The summed E-state index contributed by atoms with van der Waals surface area (Å²) in [5, 5.41) is 3.12. The number of esters is 1. The van der Waals surface area contributed by atoms with Gasteiger partial charge >= 0.3 is 5.97 Å². The van der Waals surface area contributed by atoms with Crippen molar-refractivity contribution in [3.8, 4) is 0 Å². The van der Waals surface area contributed by atoms with Crippen LogP contribution in [0.1, 0.15) is 20.3 Å². The lowest BCUT2D eigenvalue weighted by Crippen LogP contribution is -2.43. The number of hydrogen-bond donors (Lipinski definition) is 1. The van der Waals surface area contributed by atoms with E-state index in [2.05, 4.69) is 19.2 Å². The van der Waals surface area contributed by atoms with Crippen LogP contribution in [0.3, 0.4) is 0 Å². The molecular weight excluding hydrogens is 194 g/mol. The fraction of sp³-hybridized carbons (Fsp3) is 0.909. The first-order chi connectivity index (χ1) is 7.18. The highest BCUT2D eigenvalue weighted by molar-refractivity contribution is 5.69. The van der Waals surface area contributed by atoms with E-state index in [0.29, 0.717) is 31.5 Å². The summed E-state index contributed by atoms with van der Waals surface area (Å²) >= 11 is 0. The predicted molar refractivity (Wildman–Crippen MR) is 57.6 cm³/mol. The SMILES string of the molecule is CC(C)COCCOC(=O)CC1CNC1. The molecule has 4 heteroatoms. The number of ether oxygens (including phenoxy) is 2. The second kappa shape index (κ2) is 6.80. The maximum Gasteiger partial charge on any atom is 0.306 e. The van der Waals surface area contributed by atoms with Gasteiger partial charge in [-0.3, -0.25) is 4.79 Å². The van der Waals surface area contributed by atoms with E-state index in [4.69, 9.17) is 9.47 Å². The molecule has 0 bridgehead atoms. The fourth-order valence-corrected chi connectivity index (χ4v) is 1.32. The third-order valence-corrected chi connectivity index (χ3v) is 2.26. The van der Waals surface area contributed by atoms with Crippen molar-refractivity contribution in [2.75, 3.05) is 32.9 Å². The van der Waals surface area contributed by atoms with Crippen molar-refractivity contribution < 1.29 is 14.3 Å². The lowest BCUT2D eigenvalue weighted by molar-refractivity contribution is -0.146. The molecule has 4 nitrogen and oxygen atoms in total. The fourth-order valence-electron chi connectivity index (χ4n) is 1.32. The van der Waals surface area contributed by atoms with E-state index in [-0.39, 0.29) is 5.97 Å². The van der Waals surface area contributed by atoms with Crippen molar-refractivity contribution in [1.29, 1.82) is 0 Å². The molecule has 1 heterocycles. The first kappa shape index (κ1) is 12.5. The lowest BCUT2D eigenvalue weighted by atomic mass is 10.00. The zero-order valence-electron chi connectivity index (χ0n) is 9.62. The van der Waals surface area contributed by atoms with Crippen LogP contribution in [-0.4, -0.2) is 38.9 Å². The molecule has 0 amide bonds. The van der Waals surface area contributed by atoms with Gasteiger partial charge in [0.05, 0.1) is 13.0 Å². The zero-order valence-corrected chi connectivity index (χ0v) is 9.62. The number of carbonyl (C=O) groups is 1. The van der Waals surface area contributed by atoms with Gasteiger partial charge in [-0.1, -0.05) is 13.8 Å². The molecule has 15 heavy (non-hydrogen) atoms. The Labute approximate surface area is 91.3 Å². The molecule has 0 spiro atoms. The van der Waals surface area contributed by atoms with E-state index < -0.39 is 0 Å². The van der Waals surface area contributed by atoms with Gasteiger partial charge in [0.1, 0.15) is 6.61 Å². The summed E-state index contributed by atoms with van der Waals surface area (Å²) in [6.07, 6.45) is 0.539. The summed E-state index contributed by atoms with van der Waals surface area (Å²) in [6.45, 7) is 7.69. The Bertz CT molecular complexity index is 190. The normalized spacial score (nSPS) is 16.5. The summed E-state index contributed by atoms with van der Waals surface area (Å²) in [6, 6.07) is 0. The van der Waals surface area contributed by atoms with E-state index in [9.17, 15) is 4.79 Å². The summed E-state index contributed by atoms with van der Waals surface area (Å²) in [4.78, 5) is 11.2. The van der Waals surface area contributed by atoms with Crippen LogP contribution in [0.2, 0.25) is 0 Å². The lowest BCUT2D eigenvalue weighted by Gasteiger charge is -2.25. The zero-order chi connectivity index (χ0) is 11.1. The third kappa shape index (κ3) is 5.74. The summed E-state index contributed by atoms with van der Waals surface area (Å²) in [7, 11) is 0. The number of rotatable bonds is 7. The smallest absolute Gasteiger partial charge is 0.306 e. The van der Waals surface area contributed by atoms with E-state index in [0.717, 1.165) is 19.7 Å². The molecule has 0 aliphatic carbocycles. The van der Waals surface area contributed by atoms with Crippen molar-refractivity contribution in [3.63, 3.8) is 0 Å².